The Bertz CT molecular complexity index is 301. The molecule has 0 spiro atoms. The highest BCUT2D eigenvalue weighted by Crippen LogP contribution is 2.13. The number of ether oxygens (including phenoxy) is 1. The maximum absolute atomic E-state index is 5.09. The summed E-state index contributed by atoms with van der Waals surface area (Å²) in [6.45, 7) is 3.03. The van der Waals surface area contributed by atoms with Crippen LogP contribution in [0.5, 0.6) is 5.75 Å². The van der Waals surface area contributed by atoms with E-state index >= 15 is 0 Å². The average molecular weight is 191 g/mol. The van der Waals surface area contributed by atoms with Crippen LogP contribution < -0.4 is 10.1 Å². The van der Waals surface area contributed by atoms with Gasteiger partial charge < -0.3 is 10.1 Å². The fourth-order valence-electron chi connectivity index (χ4n) is 1.31. The first-order chi connectivity index (χ1) is 6.76. The maximum atomic E-state index is 5.09. The van der Waals surface area contributed by atoms with Gasteiger partial charge in [-0.15, -0.1) is 0 Å². The summed E-state index contributed by atoms with van der Waals surface area (Å²) >= 11 is 0. The Kier molecular flexibility index (Phi) is 4.20. The lowest BCUT2D eigenvalue weighted by Gasteiger charge is -2.01. The van der Waals surface area contributed by atoms with Crippen LogP contribution in [0.4, 0.5) is 0 Å². The third kappa shape index (κ3) is 3.23. The van der Waals surface area contributed by atoms with Crippen LogP contribution in [0.15, 0.2) is 29.8 Å². The van der Waals surface area contributed by atoms with Gasteiger partial charge in [0.05, 0.1) is 7.11 Å². The van der Waals surface area contributed by atoms with E-state index in [1.807, 2.05) is 19.2 Å². The molecule has 0 radical (unpaired) electrons. The first-order valence-electron chi connectivity index (χ1n) is 4.72. The maximum Gasteiger partial charge on any atom is 0.118 e. The minimum Gasteiger partial charge on any atom is -0.497 e. The van der Waals surface area contributed by atoms with Crippen LogP contribution in [0, 0.1) is 0 Å². The Labute approximate surface area is 85.6 Å². The molecule has 76 valence electrons. The molecule has 1 N–H and O–H groups in total. The van der Waals surface area contributed by atoms with Crippen molar-refractivity contribution in [3.8, 4) is 5.75 Å². The summed E-state index contributed by atoms with van der Waals surface area (Å²) < 4.78 is 5.09. The zero-order valence-corrected chi connectivity index (χ0v) is 9.00. The van der Waals surface area contributed by atoms with E-state index in [1.165, 1.54) is 11.1 Å². The largest absolute Gasteiger partial charge is 0.497 e. The Balaban J connectivity index is 2.72. The van der Waals surface area contributed by atoms with Crippen molar-refractivity contribution in [3.63, 3.8) is 0 Å². The lowest BCUT2D eigenvalue weighted by atomic mass is 10.1. The molecule has 0 unspecified atom stereocenters. The van der Waals surface area contributed by atoms with Gasteiger partial charge in [0.2, 0.25) is 0 Å². The third-order valence-electron chi connectivity index (χ3n) is 1.98. The highest BCUT2D eigenvalue weighted by atomic mass is 16.5. The average Bonchev–Trinajstić information content (AvgIpc) is 2.19. The standard InChI is InChI=1S/C12H17NO/c1-10(9-13-2)8-11-4-6-12(14-3)7-5-11/h4-8,13H,9H2,1-3H3. The Morgan fingerprint density at radius 3 is 2.50 bits per heavy atom. The number of rotatable bonds is 4. The number of benzene rings is 1. The van der Waals surface area contributed by atoms with Crippen LogP contribution in [-0.4, -0.2) is 20.7 Å². The summed E-state index contributed by atoms with van der Waals surface area (Å²) in [4.78, 5) is 0. The minimum absolute atomic E-state index is 0.897. The molecule has 1 rings (SSSR count). The number of hydrogen-bond donors (Lipinski definition) is 1. The lowest BCUT2D eigenvalue weighted by Crippen LogP contribution is -2.08. The molecule has 0 bridgehead atoms. The molecule has 0 atom stereocenters. The second kappa shape index (κ2) is 5.45. The molecule has 0 heterocycles. The predicted octanol–water partition coefficient (Wildman–Crippen LogP) is 2.32. The lowest BCUT2D eigenvalue weighted by molar-refractivity contribution is 0.415. The van der Waals surface area contributed by atoms with Gasteiger partial charge in [-0.05, 0) is 31.7 Å². The van der Waals surface area contributed by atoms with E-state index in [4.69, 9.17) is 4.74 Å². The second-order valence-electron chi connectivity index (χ2n) is 3.29. The van der Waals surface area contributed by atoms with E-state index in [0.717, 1.165) is 12.3 Å². The SMILES string of the molecule is CNCC(C)=Cc1ccc(OC)cc1. The van der Waals surface area contributed by atoms with E-state index in [9.17, 15) is 0 Å². The summed E-state index contributed by atoms with van der Waals surface area (Å²) in [5.41, 5.74) is 2.52. The van der Waals surface area contributed by atoms with Gasteiger partial charge in [-0.2, -0.15) is 0 Å². The summed E-state index contributed by atoms with van der Waals surface area (Å²) in [5, 5.41) is 3.12. The normalized spacial score (nSPS) is 11.5. The molecule has 0 saturated carbocycles. The summed E-state index contributed by atoms with van der Waals surface area (Å²) in [7, 11) is 3.63. The van der Waals surface area contributed by atoms with E-state index in [0.29, 0.717) is 0 Å². The van der Waals surface area contributed by atoms with Crippen molar-refractivity contribution in [2.45, 2.75) is 6.92 Å². The van der Waals surface area contributed by atoms with Crippen molar-refractivity contribution in [2.75, 3.05) is 20.7 Å². The zero-order valence-electron chi connectivity index (χ0n) is 9.00. The minimum atomic E-state index is 0.897. The number of methoxy groups -OCH3 is 1. The van der Waals surface area contributed by atoms with E-state index in [-0.39, 0.29) is 0 Å². The number of hydrogen-bond acceptors (Lipinski definition) is 2. The van der Waals surface area contributed by atoms with Gasteiger partial charge in [-0.1, -0.05) is 23.8 Å². The molecule has 1 aromatic rings. The quantitative estimate of drug-likeness (QED) is 0.788. The van der Waals surface area contributed by atoms with Gasteiger partial charge in [0.25, 0.3) is 0 Å². The summed E-state index contributed by atoms with van der Waals surface area (Å²) in [6, 6.07) is 8.05. The van der Waals surface area contributed by atoms with Gasteiger partial charge in [-0.25, -0.2) is 0 Å². The molecule has 2 nitrogen and oxygen atoms in total. The van der Waals surface area contributed by atoms with Crippen LogP contribution >= 0.6 is 0 Å². The van der Waals surface area contributed by atoms with Crippen LogP contribution in [-0.2, 0) is 0 Å². The second-order valence-corrected chi connectivity index (χ2v) is 3.29. The van der Waals surface area contributed by atoms with E-state index < -0.39 is 0 Å². The molecule has 0 aliphatic rings. The highest BCUT2D eigenvalue weighted by molar-refractivity contribution is 5.53. The monoisotopic (exact) mass is 191 g/mol. The third-order valence-corrected chi connectivity index (χ3v) is 1.98. The van der Waals surface area contributed by atoms with Crippen LogP contribution in [0.3, 0.4) is 0 Å². The Hall–Kier alpha value is -1.28. The zero-order chi connectivity index (χ0) is 10.4. The van der Waals surface area contributed by atoms with Gasteiger partial charge >= 0.3 is 0 Å². The fraction of sp³-hybridized carbons (Fsp3) is 0.333. The topological polar surface area (TPSA) is 21.3 Å². The molecular weight excluding hydrogens is 174 g/mol. The van der Waals surface area contributed by atoms with Gasteiger partial charge in [0, 0.05) is 6.54 Å². The van der Waals surface area contributed by atoms with Gasteiger partial charge in [0.1, 0.15) is 5.75 Å². The number of nitrogens with one attached hydrogen (secondary N) is 1. The van der Waals surface area contributed by atoms with E-state index in [1.54, 1.807) is 7.11 Å². The molecule has 0 aliphatic heterocycles. The van der Waals surface area contributed by atoms with Gasteiger partial charge in [0.15, 0.2) is 0 Å². The molecule has 2 heteroatoms. The molecular formula is C12H17NO. The summed E-state index contributed by atoms with van der Waals surface area (Å²) in [6.07, 6.45) is 2.16. The van der Waals surface area contributed by atoms with Crippen molar-refractivity contribution in [1.29, 1.82) is 0 Å². The highest BCUT2D eigenvalue weighted by Gasteiger charge is 1.92. The molecule has 14 heavy (non-hydrogen) atoms. The van der Waals surface area contributed by atoms with Crippen molar-refractivity contribution in [2.24, 2.45) is 0 Å². The molecule has 0 fully saturated rings. The molecule has 0 aromatic heterocycles. The first-order valence-corrected chi connectivity index (χ1v) is 4.72. The van der Waals surface area contributed by atoms with Crippen molar-refractivity contribution < 1.29 is 4.74 Å². The van der Waals surface area contributed by atoms with E-state index in [2.05, 4.69) is 30.4 Å². The first kappa shape index (κ1) is 10.8. The van der Waals surface area contributed by atoms with Crippen LogP contribution in [0.25, 0.3) is 6.08 Å². The Morgan fingerprint density at radius 2 is 2.00 bits per heavy atom. The van der Waals surface area contributed by atoms with Crippen molar-refractivity contribution in [1.82, 2.24) is 5.32 Å². The summed E-state index contributed by atoms with van der Waals surface area (Å²) in [5.74, 6) is 0.897. The fourth-order valence-corrected chi connectivity index (χ4v) is 1.31. The predicted molar refractivity (Wildman–Crippen MR) is 60.6 cm³/mol. The Morgan fingerprint density at radius 1 is 1.36 bits per heavy atom. The number of likely N-dealkylation sites (N-methyl/N-ethyl adjacent to an activating group) is 1. The van der Waals surface area contributed by atoms with Crippen LogP contribution in [0.1, 0.15) is 12.5 Å². The van der Waals surface area contributed by atoms with Crippen molar-refractivity contribution >= 4 is 6.08 Å². The molecule has 1 aromatic carbocycles. The molecule has 0 amide bonds. The van der Waals surface area contributed by atoms with Gasteiger partial charge in [-0.3, -0.25) is 0 Å². The van der Waals surface area contributed by atoms with Crippen molar-refractivity contribution in [3.05, 3.63) is 35.4 Å². The molecule has 0 saturated heterocycles. The molecule has 0 aliphatic carbocycles. The van der Waals surface area contributed by atoms with Crippen LogP contribution in [0.2, 0.25) is 0 Å². The smallest absolute Gasteiger partial charge is 0.118 e.